The first-order valence-electron chi connectivity index (χ1n) is 6.86. The van der Waals surface area contributed by atoms with Crippen LogP contribution < -0.4 is 5.32 Å². The van der Waals surface area contributed by atoms with Gasteiger partial charge in [0, 0.05) is 22.5 Å². The number of benzene rings is 2. The molecule has 0 spiro atoms. The first kappa shape index (κ1) is 14.1. The molecule has 4 heteroatoms. The fraction of sp³-hybridized carbons (Fsp3) is 0.176. The van der Waals surface area contributed by atoms with Crippen molar-refractivity contribution in [1.82, 2.24) is 5.32 Å². The summed E-state index contributed by atoms with van der Waals surface area (Å²) in [7, 11) is 0. The normalized spacial score (nSPS) is 11.2. The molecule has 1 aromatic heterocycles. The number of hydrogen-bond acceptors (Lipinski definition) is 2. The van der Waals surface area contributed by atoms with Gasteiger partial charge < -0.3 is 9.73 Å². The van der Waals surface area contributed by atoms with Crippen LogP contribution in [0.2, 0.25) is 5.02 Å². The highest BCUT2D eigenvalue weighted by Gasteiger charge is 2.09. The summed E-state index contributed by atoms with van der Waals surface area (Å²) >= 11 is 6.30. The minimum atomic E-state index is -0.270. The van der Waals surface area contributed by atoms with Gasteiger partial charge in [-0.1, -0.05) is 30.7 Å². The van der Waals surface area contributed by atoms with Crippen LogP contribution in [-0.4, -0.2) is 6.54 Å². The molecule has 3 aromatic rings. The molecule has 0 bridgehead atoms. The number of fused-ring (bicyclic) bond motifs is 1. The quantitative estimate of drug-likeness (QED) is 0.733. The second kappa shape index (κ2) is 5.88. The third-order valence-corrected chi connectivity index (χ3v) is 3.73. The lowest BCUT2D eigenvalue weighted by atomic mass is 10.1. The molecule has 0 saturated carbocycles. The molecule has 21 heavy (non-hydrogen) atoms. The van der Waals surface area contributed by atoms with Crippen LogP contribution >= 0.6 is 11.6 Å². The van der Waals surface area contributed by atoms with Crippen LogP contribution in [0.3, 0.4) is 0 Å². The number of hydrogen-bond donors (Lipinski definition) is 1. The molecule has 0 saturated heterocycles. The zero-order chi connectivity index (χ0) is 14.8. The summed E-state index contributed by atoms with van der Waals surface area (Å²) in [6.07, 6.45) is 0. The highest BCUT2D eigenvalue weighted by molar-refractivity contribution is 6.31. The van der Waals surface area contributed by atoms with Crippen molar-refractivity contribution in [2.75, 3.05) is 6.54 Å². The van der Waals surface area contributed by atoms with Crippen LogP contribution in [0.25, 0.3) is 22.3 Å². The Hall–Kier alpha value is -1.84. The smallest absolute Gasteiger partial charge is 0.135 e. The molecule has 0 radical (unpaired) electrons. The van der Waals surface area contributed by atoms with Gasteiger partial charge in [0.1, 0.15) is 17.2 Å². The predicted molar refractivity (Wildman–Crippen MR) is 84.0 cm³/mol. The fourth-order valence-electron chi connectivity index (χ4n) is 2.26. The topological polar surface area (TPSA) is 25.2 Å². The van der Waals surface area contributed by atoms with E-state index in [1.54, 1.807) is 6.07 Å². The fourth-order valence-corrected chi connectivity index (χ4v) is 2.51. The molecule has 1 heterocycles. The molecule has 108 valence electrons. The molecule has 0 atom stereocenters. The standard InChI is InChI=1S/C17H15ClFNO/c1-2-20-10-12-4-3-11(8-15(12)18)17-9-13-7-14(19)5-6-16(13)21-17/h3-9,20H,2,10H2,1H3. The van der Waals surface area contributed by atoms with Gasteiger partial charge in [0.05, 0.1) is 0 Å². The Bertz CT molecular complexity index is 782. The van der Waals surface area contributed by atoms with Crippen molar-refractivity contribution in [1.29, 1.82) is 0 Å². The summed E-state index contributed by atoms with van der Waals surface area (Å²) in [6, 6.07) is 12.1. The van der Waals surface area contributed by atoms with E-state index < -0.39 is 0 Å². The van der Waals surface area contributed by atoms with Gasteiger partial charge in [-0.15, -0.1) is 0 Å². The molecule has 0 aliphatic heterocycles. The van der Waals surface area contributed by atoms with Gasteiger partial charge in [-0.2, -0.15) is 0 Å². The third-order valence-electron chi connectivity index (χ3n) is 3.38. The molecule has 2 aromatic carbocycles. The van der Waals surface area contributed by atoms with E-state index in [1.807, 2.05) is 24.3 Å². The van der Waals surface area contributed by atoms with Gasteiger partial charge in [0.2, 0.25) is 0 Å². The van der Waals surface area contributed by atoms with Crippen LogP contribution in [0.5, 0.6) is 0 Å². The maximum atomic E-state index is 13.2. The summed E-state index contributed by atoms with van der Waals surface area (Å²) in [6.45, 7) is 3.68. The molecule has 0 aliphatic carbocycles. The summed E-state index contributed by atoms with van der Waals surface area (Å²) in [5, 5.41) is 4.69. The van der Waals surface area contributed by atoms with Gasteiger partial charge in [-0.3, -0.25) is 0 Å². The lowest BCUT2D eigenvalue weighted by Crippen LogP contribution is -2.11. The average Bonchev–Trinajstić information content (AvgIpc) is 2.89. The molecular formula is C17H15ClFNO. The number of halogens is 2. The first-order chi connectivity index (χ1) is 10.2. The third kappa shape index (κ3) is 2.94. The largest absolute Gasteiger partial charge is 0.456 e. The Kier molecular flexibility index (Phi) is 3.95. The molecule has 3 rings (SSSR count). The van der Waals surface area contributed by atoms with E-state index in [2.05, 4.69) is 12.2 Å². The van der Waals surface area contributed by atoms with Crippen molar-refractivity contribution in [3.8, 4) is 11.3 Å². The van der Waals surface area contributed by atoms with E-state index in [0.717, 1.165) is 29.6 Å². The molecule has 0 aliphatic rings. The Morgan fingerprint density at radius 3 is 2.76 bits per heavy atom. The summed E-state index contributed by atoms with van der Waals surface area (Å²) in [4.78, 5) is 0. The maximum absolute atomic E-state index is 13.2. The highest BCUT2D eigenvalue weighted by Crippen LogP contribution is 2.31. The first-order valence-corrected chi connectivity index (χ1v) is 7.24. The number of rotatable bonds is 4. The van der Waals surface area contributed by atoms with Crippen molar-refractivity contribution < 1.29 is 8.81 Å². The summed E-state index contributed by atoms with van der Waals surface area (Å²) in [5.41, 5.74) is 2.60. The molecule has 0 unspecified atom stereocenters. The van der Waals surface area contributed by atoms with E-state index >= 15 is 0 Å². The van der Waals surface area contributed by atoms with E-state index in [4.69, 9.17) is 16.0 Å². The Balaban J connectivity index is 1.96. The molecular weight excluding hydrogens is 289 g/mol. The van der Waals surface area contributed by atoms with Crippen LogP contribution in [0.1, 0.15) is 12.5 Å². The lowest BCUT2D eigenvalue weighted by Gasteiger charge is -2.06. The van der Waals surface area contributed by atoms with Crippen LogP contribution in [-0.2, 0) is 6.54 Å². The van der Waals surface area contributed by atoms with E-state index in [0.29, 0.717) is 16.4 Å². The Morgan fingerprint density at radius 2 is 2.00 bits per heavy atom. The predicted octanol–water partition coefficient (Wildman–Crippen LogP) is 5.00. The number of furan rings is 1. The molecule has 1 N–H and O–H groups in total. The average molecular weight is 304 g/mol. The van der Waals surface area contributed by atoms with Crippen molar-refractivity contribution in [2.45, 2.75) is 13.5 Å². The minimum Gasteiger partial charge on any atom is -0.456 e. The van der Waals surface area contributed by atoms with Crippen LogP contribution in [0.4, 0.5) is 4.39 Å². The summed E-state index contributed by atoms with van der Waals surface area (Å²) < 4.78 is 19.0. The van der Waals surface area contributed by atoms with Gasteiger partial charge in [0.15, 0.2) is 0 Å². The summed E-state index contributed by atoms with van der Waals surface area (Å²) in [5.74, 6) is 0.418. The van der Waals surface area contributed by atoms with Gasteiger partial charge in [0.25, 0.3) is 0 Å². The van der Waals surface area contributed by atoms with Crippen molar-refractivity contribution in [3.63, 3.8) is 0 Å². The van der Waals surface area contributed by atoms with Gasteiger partial charge >= 0.3 is 0 Å². The lowest BCUT2D eigenvalue weighted by molar-refractivity contribution is 0.619. The van der Waals surface area contributed by atoms with Crippen molar-refractivity contribution in [3.05, 3.63) is 58.9 Å². The minimum absolute atomic E-state index is 0.270. The van der Waals surface area contributed by atoms with Crippen molar-refractivity contribution >= 4 is 22.6 Å². The highest BCUT2D eigenvalue weighted by atomic mass is 35.5. The van der Waals surface area contributed by atoms with Gasteiger partial charge in [-0.25, -0.2) is 4.39 Å². The van der Waals surface area contributed by atoms with Gasteiger partial charge in [-0.05, 0) is 42.4 Å². The maximum Gasteiger partial charge on any atom is 0.135 e. The molecule has 0 fully saturated rings. The zero-order valence-corrected chi connectivity index (χ0v) is 12.4. The van der Waals surface area contributed by atoms with Crippen LogP contribution in [0, 0.1) is 5.82 Å². The van der Waals surface area contributed by atoms with E-state index in [9.17, 15) is 4.39 Å². The Morgan fingerprint density at radius 1 is 1.14 bits per heavy atom. The monoisotopic (exact) mass is 303 g/mol. The molecule has 2 nitrogen and oxygen atoms in total. The zero-order valence-electron chi connectivity index (χ0n) is 11.6. The number of nitrogens with one attached hydrogen (secondary N) is 1. The van der Waals surface area contributed by atoms with Crippen molar-refractivity contribution in [2.24, 2.45) is 0 Å². The SMILES string of the molecule is CCNCc1ccc(-c2cc3cc(F)ccc3o2)cc1Cl. The second-order valence-corrected chi connectivity index (χ2v) is 5.29. The second-order valence-electron chi connectivity index (χ2n) is 4.88. The molecule has 0 amide bonds. The Labute approximate surface area is 127 Å². The van der Waals surface area contributed by atoms with E-state index in [-0.39, 0.29) is 5.82 Å². The van der Waals surface area contributed by atoms with E-state index in [1.165, 1.54) is 12.1 Å². The van der Waals surface area contributed by atoms with Crippen LogP contribution in [0.15, 0.2) is 46.9 Å².